The first-order valence-corrected chi connectivity index (χ1v) is 9.36. The van der Waals surface area contributed by atoms with Crippen molar-refractivity contribution in [3.63, 3.8) is 0 Å². The number of nitrogens with zero attached hydrogens (tertiary/aromatic N) is 1. The van der Waals surface area contributed by atoms with Crippen LogP contribution in [0, 0.1) is 0 Å². The lowest BCUT2D eigenvalue weighted by atomic mass is 10.1. The molecule has 1 fully saturated rings. The van der Waals surface area contributed by atoms with Crippen molar-refractivity contribution < 1.29 is 24.2 Å². The average molecular weight is 396 g/mol. The van der Waals surface area contributed by atoms with Crippen molar-refractivity contribution in [2.75, 3.05) is 13.7 Å². The van der Waals surface area contributed by atoms with Gasteiger partial charge in [0, 0.05) is 13.0 Å². The molecule has 2 rings (SSSR count). The largest absolute Gasteiger partial charge is 0.493 e. The van der Waals surface area contributed by atoms with E-state index in [-0.39, 0.29) is 18.4 Å². The van der Waals surface area contributed by atoms with Crippen molar-refractivity contribution in [2.24, 2.45) is 0 Å². The van der Waals surface area contributed by atoms with E-state index < -0.39 is 5.97 Å². The first-order chi connectivity index (χ1) is 12.3. The summed E-state index contributed by atoms with van der Waals surface area (Å²) < 4.78 is 11.5. The molecule has 0 aromatic heterocycles. The van der Waals surface area contributed by atoms with Crippen molar-refractivity contribution in [3.05, 3.63) is 28.7 Å². The van der Waals surface area contributed by atoms with E-state index >= 15 is 0 Å². The monoisotopic (exact) mass is 395 g/mol. The third-order valence-electron chi connectivity index (χ3n) is 3.49. The molecule has 0 aliphatic carbocycles. The topological polar surface area (TPSA) is 76.1 Å². The number of carbonyl (C=O) groups excluding carboxylic acids is 1. The van der Waals surface area contributed by atoms with Gasteiger partial charge < -0.3 is 14.6 Å². The van der Waals surface area contributed by atoms with Gasteiger partial charge in [0.2, 0.25) is 0 Å². The Morgan fingerprint density at radius 2 is 2.12 bits per heavy atom. The number of carbonyl (C=O) groups is 2. The number of aliphatic carboxylic acids is 1. The van der Waals surface area contributed by atoms with Gasteiger partial charge in [0.1, 0.15) is 4.32 Å². The summed E-state index contributed by atoms with van der Waals surface area (Å²) in [4.78, 5) is 25.1. The van der Waals surface area contributed by atoms with Gasteiger partial charge in [-0.2, -0.15) is 0 Å². The van der Waals surface area contributed by atoms with E-state index in [0.717, 1.165) is 5.56 Å². The maximum absolute atomic E-state index is 12.5. The summed E-state index contributed by atoms with van der Waals surface area (Å²) >= 11 is 6.46. The molecule has 1 heterocycles. The van der Waals surface area contributed by atoms with Gasteiger partial charge in [0.15, 0.2) is 11.5 Å². The molecule has 8 heteroatoms. The van der Waals surface area contributed by atoms with Crippen LogP contribution in [-0.2, 0) is 9.59 Å². The van der Waals surface area contributed by atoms with Crippen LogP contribution in [0.2, 0.25) is 0 Å². The average Bonchev–Trinajstić information content (AvgIpc) is 2.82. The second-order valence-electron chi connectivity index (χ2n) is 5.91. The molecule has 0 atom stereocenters. The van der Waals surface area contributed by atoms with Gasteiger partial charge in [-0.05, 0) is 44.0 Å². The van der Waals surface area contributed by atoms with E-state index in [1.165, 1.54) is 16.7 Å². The summed E-state index contributed by atoms with van der Waals surface area (Å²) in [6.07, 6.45) is 2.14. The minimum absolute atomic E-state index is 0.00458. The minimum atomic E-state index is -0.887. The van der Waals surface area contributed by atoms with Crippen LogP contribution in [0.25, 0.3) is 6.08 Å². The molecule has 1 N–H and O–H groups in total. The fraction of sp³-hybridized carbons (Fsp3) is 0.389. The van der Waals surface area contributed by atoms with Gasteiger partial charge in [0.25, 0.3) is 5.91 Å². The van der Waals surface area contributed by atoms with Crippen molar-refractivity contribution in [1.29, 1.82) is 0 Å². The van der Waals surface area contributed by atoms with Crippen molar-refractivity contribution in [2.45, 2.75) is 32.8 Å². The van der Waals surface area contributed by atoms with Gasteiger partial charge in [-0.15, -0.1) is 0 Å². The number of rotatable bonds is 8. The molecule has 0 unspecified atom stereocenters. The van der Waals surface area contributed by atoms with E-state index in [1.807, 2.05) is 19.9 Å². The lowest BCUT2D eigenvalue weighted by Crippen LogP contribution is -2.29. The lowest BCUT2D eigenvalue weighted by Gasteiger charge is -2.14. The first-order valence-electron chi connectivity index (χ1n) is 8.13. The van der Waals surface area contributed by atoms with Crippen LogP contribution < -0.4 is 9.47 Å². The van der Waals surface area contributed by atoms with Gasteiger partial charge >= 0.3 is 5.97 Å². The summed E-state index contributed by atoms with van der Waals surface area (Å²) in [5.41, 5.74) is 0.795. The van der Waals surface area contributed by atoms with Crippen molar-refractivity contribution in [1.82, 2.24) is 4.90 Å². The van der Waals surface area contributed by atoms with E-state index in [9.17, 15) is 9.59 Å². The molecule has 1 amide bonds. The molecule has 26 heavy (non-hydrogen) atoms. The maximum Gasteiger partial charge on any atom is 0.303 e. The number of thioether (sulfide) groups is 1. The molecule has 1 aliphatic heterocycles. The van der Waals surface area contributed by atoms with Crippen LogP contribution in [0.15, 0.2) is 23.1 Å². The molecular weight excluding hydrogens is 374 g/mol. The molecule has 0 spiro atoms. The number of methoxy groups -OCH3 is 1. The zero-order valence-corrected chi connectivity index (χ0v) is 16.5. The Hall–Kier alpha value is -2.06. The fourth-order valence-electron chi connectivity index (χ4n) is 2.36. The highest BCUT2D eigenvalue weighted by molar-refractivity contribution is 8.26. The maximum atomic E-state index is 12.5. The van der Waals surface area contributed by atoms with Gasteiger partial charge in [-0.25, -0.2) is 0 Å². The highest BCUT2D eigenvalue weighted by Crippen LogP contribution is 2.35. The normalized spacial score (nSPS) is 15.8. The van der Waals surface area contributed by atoms with Gasteiger partial charge in [-0.1, -0.05) is 30.0 Å². The van der Waals surface area contributed by atoms with E-state index in [1.54, 1.807) is 25.3 Å². The quantitative estimate of drug-likeness (QED) is 0.533. The second-order valence-corrected chi connectivity index (χ2v) is 7.58. The Labute approximate surface area is 162 Å². The number of thiocarbonyl (C=S) groups is 1. The summed E-state index contributed by atoms with van der Waals surface area (Å²) in [7, 11) is 1.56. The molecule has 0 saturated carbocycles. The Bertz CT molecular complexity index is 745. The summed E-state index contributed by atoms with van der Waals surface area (Å²) in [6, 6.07) is 5.45. The Balaban J connectivity index is 2.15. The summed E-state index contributed by atoms with van der Waals surface area (Å²) in [6.45, 7) is 4.17. The number of carboxylic acid groups (broad SMARTS) is 1. The lowest BCUT2D eigenvalue weighted by molar-refractivity contribution is -0.137. The highest BCUT2D eigenvalue weighted by Gasteiger charge is 2.31. The number of hydrogen-bond donors (Lipinski definition) is 1. The number of benzene rings is 1. The van der Waals surface area contributed by atoms with E-state index in [2.05, 4.69) is 0 Å². The molecular formula is C18H21NO5S2. The minimum Gasteiger partial charge on any atom is -0.493 e. The number of ether oxygens (including phenoxy) is 2. The molecule has 140 valence electrons. The third kappa shape index (κ3) is 5.22. The van der Waals surface area contributed by atoms with Gasteiger partial charge in [-0.3, -0.25) is 14.5 Å². The zero-order valence-electron chi connectivity index (χ0n) is 14.9. The molecule has 1 saturated heterocycles. The van der Waals surface area contributed by atoms with Crippen LogP contribution >= 0.6 is 24.0 Å². The molecule has 0 radical (unpaired) electrons. The predicted octanol–water partition coefficient (Wildman–Crippen LogP) is 3.55. The molecule has 1 aliphatic rings. The van der Waals surface area contributed by atoms with Crippen LogP contribution in [0.1, 0.15) is 32.3 Å². The summed E-state index contributed by atoms with van der Waals surface area (Å²) in [5, 5.41) is 8.72. The first kappa shape index (κ1) is 20.3. The fourth-order valence-corrected chi connectivity index (χ4v) is 3.67. The molecule has 1 aromatic carbocycles. The SMILES string of the molecule is COc1cc(/C=C2\SC(=S)N(CCCC(=O)O)C2=O)ccc1OC(C)C. The van der Waals surface area contributed by atoms with Crippen LogP contribution in [-0.4, -0.2) is 46.0 Å². The smallest absolute Gasteiger partial charge is 0.303 e. The van der Waals surface area contributed by atoms with Crippen molar-refractivity contribution >= 4 is 46.3 Å². The number of amides is 1. The standard InChI is InChI=1S/C18H21NO5S2/c1-11(2)24-13-7-6-12(9-14(13)23-3)10-15-17(22)19(18(25)26-15)8-4-5-16(20)21/h6-7,9-11H,4-5,8H2,1-3H3,(H,20,21)/b15-10-. The molecule has 1 aromatic rings. The van der Waals surface area contributed by atoms with Gasteiger partial charge in [0.05, 0.1) is 18.1 Å². The number of carboxylic acids is 1. The van der Waals surface area contributed by atoms with Crippen LogP contribution in [0.4, 0.5) is 0 Å². The zero-order chi connectivity index (χ0) is 19.3. The summed E-state index contributed by atoms with van der Waals surface area (Å²) in [5.74, 6) is 0.138. The highest BCUT2D eigenvalue weighted by atomic mass is 32.2. The predicted molar refractivity (Wildman–Crippen MR) is 106 cm³/mol. The van der Waals surface area contributed by atoms with E-state index in [4.69, 9.17) is 26.8 Å². The van der Waals surface area contributed by atoms with Crippen molar-refractivity contribution in [3.8, 4) is 11.5 Å². The second kappa shape index (κ2) is 9.05. The molecule has 6 nitrogen and oxygen atoms in total. The third-order valence-corrected chi connectivity index (χ3v) is 4.87. The Kier molecular flexibility index (Phi) is 7.05. The molecule has 0 bridgehead atoms. The number of hydrogen-bond acceptors (Lipinski definition) is 6. The van der Waals surface area contributed by atoms with E-state index in [0.29, 0.717) is 33.7 Å². The van der Waals surface area contributed by atoms with Crippen LogP contribution in [0.5, 0.6) is 11.5 Å². The van der Waals surface area contributed by atoms with Crippen LogP contribution in [0.3, 0.4) is 0 Å². The Morgan fingerprint density at radius 1 is 1.38 bits per heavy atom. The Morgan fingerprint density at radius 3 is 2.73 bits per heavy atom.